The molecule has 0 aliphatic carbocycles. The highest BCUT2D eigenvalue weighted by atomic mass is 15.1. The minimum absolute atomic E-state index is 0.479. The molecule has 90 valence electrons. The maximum atomic E-state index is 4.11. The molecule has 0 unspecified atom stereocenters. The van der Waals surface area contributed by atoms with Gasteiger partial charge in [0, 0.05) is 18.1 Å². The maximum Gasteiger partial charge on any atom is 0.0449 e. The second-order valence-electron chi connectivity index (χ2n) is 4.30. The number of anilines is 1. The van der Waals surface area contributed by atoms with E-state index < -0.39 is 0 Å². The minimum atomic E-state index is 0.479. The molecule has 1 heteroatoms. The first kappa shape index (κ1) is 13.3. The van der Waals surface area contributed by atoms with Gasteiger partial charge in [-0.25, -0.2) is 0 Å². The van der Waals surface area contributed by atoms with Crippen molar-refractivity contribution in [2.45, 2.75) is 20.8 Å². The Kier molecular flexibility index (Phi) is 4.77. The van der Waals surface area contributed by atoms with Crippen LogP contribution in [0, 0.1) is 5.92 Å². The van der Waals surface area contributed by atoms with Gasteiger partial charge in [-0.3, -0.25) is 0 Å². The summed E-state index contributed by atoms with van der Waals surface area (Å²) in [5.74, 6) is 0.479. The monoisotopic (exact) mass is 227 g/mol. The minimum Gasteiger partial charge on any atom is -0.325 e. The summed E-state index contributed by atoms with van der Waals surface area (Å²) < 4.78 is 0. The van der Waals surface area contributed by atoms with Crippen LogP contribution in [-0.4, -0.2) is 0 Å². The van der Waals surface area contributed by atoms with Gasteiger partial charge in [0.2, 0.25) is 0 Å². The van der Waals surface area contributed by atoms with Crippen molar-refractivity contribution < 1.29 is 0 Å². The van der Waals surface area contributed by atoms with Crippen molar-refractivity contribution in [3.63, 3.8) is 0 Å². The van der Waals surface area contributed by atoms with E-state index in [1.807, 2.05) is 24.1 Å². The van der Waals surface area contributed by atoms with Crippen LogP contribution in [-0.2, 0) is 0 Å². The fraction of sp³-hybridized carbons (Fsp3) is 0.250. The fourth-order valence-corrected chi connectivity index (χ4v) is 1.59. The molecule has 0 N–H and O–H groups in total. The average molecular weight is 227 g/mol. The maximum absolute atomic E-state index is 4.11. The predicted molar refractivity (Wildman–Crippen MR) is 77.8 cm³/mol. The van der Waals surface area contributed by atoms with Crippen LogP contribution in [0.15, 0.2) is 55.9 Å². The summed E-state index contributed by atoms with van der Waals surface area (Å²) in [5, 5.41) is 0. The van der Waals surface area contributed by atoms with E-state index in [0.29, 0.717) is 5.92 Å². The number of hydrogen-bond donors (Lipinski definition) is 0. The van der Waals surface area contributed by atoms with Crippen LogP contribution in [0.3, 0.4) is 0 Å². The molecular weight excluding hydrogens is 206 g/mol. The molecule has 0 radical (unpaired) electrons. The van der Waals surface area contributed by atoms with E-state index in [4.69, 9.17) is 0 Å². The average Bonchev–Trinajstić information content (AvgIpc) is 2.35. The Labute approximate surface area is 105 Å². The van der Waals surface area contributed by atoms with Gasteiger partial charge in [-0.1, -0.05) is 45.2 Å². The summed E-state index contributed by atoms with van der Waals surface area (Å²) in [5.41, 5.74) is 3.49. The van der Waals surface area contributed by atoms with Crippen molar-refractivity contribution in [2.75, 3.05) is 4.90 Å². The molecule has 1 aromatic carbocycles. The third-order valence-electron chi connectivity index (χ3n) is 2.74. The Morgan fingerprint density at radius 3 is 2.24 bits per heavy atom. The Morgan fingerprint density at radius 2 is 1.82 bits per heavy atom. The van der Waals surface area contributed by atoms with Crippen molar-refractivity contribution in [3.05, 3.63) is 61.5 Å². The second kappa shape index (κ2) is 6.09. The summed E-state index contributed by atoms with van der Waals surface area (Å²) in [4.78, 5) is 1.99. The molecule has 1 rings (SSSR count). The Morgan fingerprint density at radius 1 is 1.24 bits per heavy atom. The number of allylic oxidation sites excluding steroid dienone is 2. The molecule has 0 saturated heterocycles. The van der Waals surface area contributed by atoms with Gasteiger partial charge in [-0.05, 0) is 36.1 Å². The first-order valence-electron chi connectivity index (χ1n) is 5.93. The zero-order valence-electron chi connectivity index (χ0n) is 11.0. The van der Waals surface area contributed by atoms with Crippen molar-refractivity contribution in [1.29, 1.82) is 0 Å². The van der Waals surface area contributed by atoms with Gasteiger partial charge in [0.25, 0.3) is 0 Å². The van der Waals surface area contributed by atoms with Crippen molar-refractivity contribution in [3.8, 4) is 0 Å². The standard InChI is InChI=1S/C16H21N/c1-6-12-17(7-2)16-10-8-15(9-11-16)14(5)13(3)4/h6-13H,2,5H2,1,3-4H3/b12-6-. The molecule has 0 saturated carbocycles. The first-order chi connectivity index (χ1) is 8.10. The number of nitrogens with zero attached hydrogens (tertiary/aromatic N) is 1. The highest BCUT2D eigenvalue weighted by molar-refractivity contribution is 5.67. The van der Waals surface area contributed by atoms with Crippen molar-refractivity contribution >= 4 is 11.3 Å². The van der Waals surface area contributed by atoms with E-state index in [1.165, 1.54) is 11.1 Å². The SMILES string of the molecule is C=CN(/C=C\C)c1ccc(C(=C)C(C)C)cc1. The van der Waals surface area contributed by atoms with Crippen LogP contribution in [0.1, 0.15) is 26.3 Å². The third-order valence-corrected chi connectivity index (χ3v) is 2.74. The van der Waals surface area contributed by atoms with Crippen LogP contribution in [0.4, 0.5) is 5.69 Å². The smallest absolute Gasteiger partial charge is 0.0449 e. The molecule has 1 nitrogen and oxygen atoms in total. The van der Waals surface area contributed by atoms with E-state index in [9.17, 15) is 0 Å². The molecule has 0 fully saturated rings. The summed E-state index contributed by atoms with van der Waals surface area (Å²) in [6.45, 7) is 14.2. The zero-order valence-corrected chi connectivity index (χ0v) is 11.0. The summed E-state index contributed by atoms with van der Waals surface area (Å²) in [6.07, 6.45) is 5.77. The van der Waals surface area contributed by atoms with Gasteiger partial charge in [0.05, 0.1) is 0 Å². The number of benzene rings is 1. The van der Waals surface area contributed by atoms with Gasteiger partial charge in [-0.2, -0.15) is 0 Å². The molecule has 0 atom stereocenters. The van der Waals surface area contributed by atoms with E-state index in [0.717, 1.165) is 5.69 Å². The van der Waals surface area contributed by atoms with Crippen molar-refractivity contribution in [1.82, 2.24) is 0 Å². The molecule has 0 aromatic heterocycles. The lowest BCUT2D eigenvalue weighted by molar-refractivity contribution is 0.858. The summed E-state index contributed by atoms with van der Waals surface area (Å²) in [7, 11) is 0. The highest BCUT2D eigenvalue weighted by Gasteiger charge is 2.04. The second-order valence-corrected chi connectivity index (χ2v) is 4.30. The number of rotatable bonds is 5. The molecule has 0 amide bonds. The van der Waals surface area contributed by atoms with Crippen molar-refractivity contribution in [2.24, 2.45) is 5.92 Å². The normalized spacial score (nSPS) is 10.8. The Bertz CT molecular complexity index is 410. The third kappa shape index (κ3) is 3.35. The van der Waals surface area contributed by atoms with E-state index in [2.05, 4.69) is 51.3 Å². The summed E-state index contributed by atoms with van der Waals surface area (Å²) in [6, 6.07) is 8.39. The molecule has 0 aliphatic rings. The largest absolute Gasteiger partial charge is 0.325 e. The quantitative estimate of drug-likeness (QED) is 0.695. The topological polar surface area (TPSA) is 3.24 Å². The fourth-order valence-electron chi connectivity index (χ4n) is 1.59. The summed E-state index contributed by atoms with van der Waals surface area (Å²) >= 11 is 0. The lowest BCUT2D eigenvalue weighted by atomic mass is 9.97. The van der Waals surface area contributed by atoms with Gasteiger partial charge in [-0.15, -0.1) is 0 Å². The molecule has 1 aromatic rings. The zero-order chi connectivity index (χ0) is 12.8. The number of hydrogen-bond acceptors (Lipinski definition) is 1. The van der Waals surface area contributed by atoms with Gasteiger partial charge >= 0.3 is 0 Å². The molecule has 0 bridgehead atoms. The van der Waals surface area contributed by atoms with E-state index in [1.54, 1.807) is 6.20 Å². The highest BCUT2D eigenvalue weighted by Crippen LogP contribution is 2.24. The molecule has 0 aliphatic heterocycles. The molecule has 17 heavy (non-hydrogen) atoms. The van der Waals surface area contributed by atoms with Crippen LogP contribution in [0.5, 0.6) is 0 Å². The lowest BCUT2D eigenvalue weighted by Gasteiger charge is -2.16. The van der Waals surface area contributed by atoms with Gasteiger partial charge < -0.3 is 4.90 Å². The molecule has 0 heterocycles. The lowest BCUT2D eigenvalue weighted by Crippen LogP contribution is -2.05. The molecular formula is C16H21N. The van der Waals surface area contributed by atoms with E-state index >= 15 is 0 Å². The van der Waals surface area contributed by atoms with E-state index in [-0.39, 0.29) is 0 Å². The van der Waals surface area contributed by atoms with Gasteiger partial charge in [0.15, 0.2) is 0 Å². The predicted octanol–water partition coefficient (Wildman–Crippen LogP) is 4.84. The van der Waals surface area contributed by atoms with Crippen LogP contribution >= 0.6 is 0 Å². The Balaban J connectivity index is 2.94. The first-order valence-corrected chi connectivity index (χ1v) is 5.93. The Hall–Kier alpha value is -1.76. The van der Waals surface area contributed by atoms with Gasteiger partial charge in [0.1, 0.15) is 0 Å². The van der Waals surface area contributed by atoms with Crippen LogP contribution in [0.25, 0.3) is 5.57 Å². The van der Waals surface area contributed by atoms with Crippen LogP contribution in [0.2, 0.25) is 0 Å². The molecule has 0 spiro atoms. The van der Waals surface area contributed by atoms with Crippen LogP contribution < -0.4 is 4.90 Å².